The minimum Gasteiger partial charge on any atom is -0.463 e. The van der Waals surface area contributed by atoms with Crippen molar-refractivity contribution in [3.8, 4) is 22.9 Å². The number of benzene rings is 1. The number of rotatable bonds is 6. The van der Waals surface area contributed by atoms with Crippen molar-refractivity contribution in [1.82, 2.24) is 4.57 Å². The molecule has 0 saturated heterocycles. The van der Waals surface area contributed by atoms with Crippen molar-refractivity contribution in [2.45, 2.75) is 20.8 Å². The number of hydrogen-bond donors (Lipinski definition) is 0. The van der Waals surface area contributed by atoms with E-state index in [9.17, 15) is 14.9 Å². The van der Waals surface area contributed by atoms with Crippen LogP contribution in [0.5, 0.6) is 0 Å². The lowest BCUT2D eigenvalue weighted by molar-refractivity contribution is -0.139. The summed E-state index contributed by atoms with van der Waals surface area (Å²) in [7, 11) is 0. The first kappa shape index (κ1) is 22.8. The van der Waals surface area contributed by atoms with Crippen molar-refractivity contribution in [1.29, 1.82) is 5.26 Å². The predicted octanol–water partition coefficient (Wildman–Crippen LogP) is 5.43. The minimum absolute atomic E-state index is 0.0402. The highest BCUT2D eigenvalue weighted by Gasteiger charge is 2.31. The third kappa shape index (κ3) is 3.82. The molecule has 6 heteroatoms. The summed E-state index contributed by atoms with van der Waals surface area (Å²) in [4.78, 5) is 25.7. The Labute approximate surface area is 198 Å². The van der Waals surface area contributed by atoms with Crippen LogP contribution in [0.2, 0.25) is 0 Å². The van der Waals surface area contributed by atoms with Crippen LogP contribution in [0.4, 0.5) is 0 Å². The molecule has 0 fully saturated rings. The first-order chi connectivity index (χ1) is 16.5. The van der Waals surface area contributed by atoms with Crippen LogP contribution in [0.15, 0.2) is 66.7 Å². The predicted molar refractivity (Wildman–Crippen MR) is 131 cm³/mol. The van der Waals surface area contributed by atoms with Gasteiger partial charge in [0.1, 0.15) is 6.07 Å². The number of nitrogens with zero attached hydrogens (tertiary/aromatic N) is 2. The highest BCUT2D eigenvalue weighted by molar-refractivity contribution is 6.26. The van der Waals surface area contributed by atoms with Gasteiger partial charge in [0.2, 0.25) is 0 Å². The van der Waals surface area contributed by atoms with Crippen molar-refractivity contribution in [3.63, 3.8) is 0 Å². The second-order valence-electron chi connectivity index (χ2n) is 7.61. The zero-order chi connectivity index (χ0) is 24.2. The number of aromatic nitrogens is 1. The lowest BCUT2D eigenvalue weighted by Gasteiger charge is -2.15. The molecule has 2 aliphatic carbocycles. The van der Waals surface area contributed by atoms with Gasteiger partial charge in [-0.25, -0.2) is 9.59 Å². The van der Waals surface area contributed by atoms with Gasteiger partial charge in [-0.2, -0.15) is 5.26 Å². The summed E-state index contributed by atoms with van der Waals surface area (Å²) in [6, 6.07) is 21.4. The smallest absolute Gasteiger partial charge is 0.340 e. The molecule has 0 unspecified atom stereocenters. The lowest BCUT2D eigenvalue weighted by Crippen LogP contribution is -2.14. The van der Waals surface area contributed by atoms with Gasteiger partial charge in [0.05, 0.1) is 30.0 Å². The molecule has 0 saturated carbocycles. The quantitative estimate of drug-likeness (QED) is 0.288. The molecule has 4 rings (SSSR count). The fraction of sp³-hybridized carbons (Fsp3) is 0.179. The number of hydrogen-bond acceptors (Lipinski definition) is 5. The van der Waals surface area contributed by atoms with E-state index in [0.29, 0.717) is 16.6 Å². The van der Waals surface area contributed by atoms with E-state index in [1.54, 1.807) is 13.8 Å². The van der Waals surface area contributed by atoms with E-state index in [1.165, 1.54) is 0 Å². The van der Waals surface area contributed by atoms with Gasteiger partial charge in [-0.3, -0.25) is 0 Å². The van der Waals surface area contributed by atoms with Crippen molar-refractivity contribution in [3.05, 3.63) is 83.7 Å². The molecular formula is C28H24N2O4. The second kappa shape index (κ2) is 9.63. The molecule has 0 aliphatic heterocycles. The molecule has 170 valence electrons. The van der Waals surface area contributed by atoms with Crippen molar-refractivity contribution >= 4 is 28.3 Å². The first-order valence-electron chi connectivity index (χ1n) is 11.1. The molecule has 6 nitrogen and oxygen atoms in total. The number of aryl methyl sites for hydroxylation is 1. The van der Waals surface area contributed by atoms with Crippen LogP contribution in [0.25, 0.3) is 33.2 Å². The Balaban J connectivity index is 2.22. The van der Waals surface area contributed by atoms with Gasteiger partial charge < -0.3 is 14.0 Å². The molecule has 0 radical (unpaired) electrons. The number of para-hydroxylation sites is 1. The van der Waals surface area contributed by atoms with Crippen LogP contribution < -0.4 is 0 Å². The lowest BCUT2D eigenvalue weighted by atomic mass is 10.1. The van der Waals surface area contributed by atoms with Crippen molar-refractivity contribution in [2.24, 2.45) is 0 Å². The number of nitriles is 1. The second-order valence-corrected chi connectivity index (χ2v) is 7.61. The van der Waals surface area contributed by atoms with E-state index in [0.717, 1.165) is 34.0 Å². The number of carbonyl (C=O) groups is 2. The zero-order valence-electron chi connectivity index (χ0n) is 19.3. The molecule has 0 atom stereocenters. The van der Waals surface area contributed by atoms with Crippen LogP contribution in [-0.2, 0) is 19.1 Å². The number of fused-ring (bicyclic) bond motifs is 3. The van der Waals surface area contributed by atoms with Crippen LogP contribution >= 0.6 is 0 Å². The molecule has 0 amide bonds. The highest BCUT2D eigenvalue weighted by atomic mass is 16.5. The SMILES string of the molecule is CCOC(=O)/C=C(\C(=O)OCC)c1c2c(C#N)c3cccccc-3c2c(C)n1-c1ccccc1. The van der Waals surface area contributed by atoms with Gasteiger partial charge in [0.15, 0.2) is 0 Å². The molecular weight excluding hydrogens is 428 g/mol. The summed E-state index contributed by atoms with van der Waals surface area (Å²) in [5.41, 5.74) is 4.22. The Bertz CT molecular complexity index is 1420. The number of carbonyl (C=O) groups excluding carboxylic acids is 2. The van der Waals surface area contributed by atoms with E-state index in [1.807, 2.05) is 72.2 Å². The third-order valence-electron chi connectivity index (χ3n) is 5.66. The standard InChI is InChI=1S/C28H24N2O4/c1-4-33-24(31)16-22(28(32)34-5-2)27-26-23(17-29)20-14-10-7-11-15-21(20)25(26)18(3)30(27)19-12-8-6-9-13-19/h6-16H,4-5H2,1-3H3/b22-16-. The van der Waals surface area contributed by atoms with Crippen LogP contribution in [0.1, 0.15) is 30.8 Å². The Kier molecular flexibility index (Phi) is 6.46. The number of esters is 2. The molecule has 0 bridgehead atoms. The van der Waals surface area contributed by atoms with Crippen molar-refractivity contribution < 1.29 is 19.1 Å². The van der Waals surface area contributed by atoms with Crippen LogP contribution in [0, 0.1) is 18.3 Å². The molecule has 1 heterocycles. The molecule has 2 aliphatic rings. The average Bonchev–Trinajstić information content (AvgIpc) is 3.17. The third-order valence-corrected chi connectivity index (χ3v) is 5.66. The largest absolute Gasteiger partial charge is 0.463 e. The normalized spacial score (nSPS) is 11.4. The molecule has 0 spiro atoms. The molecule has 2 aromatic rings. The summed E-state index contributed by atoms with van der Waals surface area (Å²) in [5.74, 6) is -1.31. The van der Waals surface area contributed by atoms with E-state index >= 15 is 0 Å². The maximum atomic E-state index is 13.2. The molecule has 0 N–H and O–H groups in total. The Morgan fingerprint density at radius 3 is 2.15 bits per heavy atom. The van der Waals surface area contributed by atoms with Gasteiger partial charge in [0.25, 0.3) is 0 Å². The summed E-state index contributed by atoms with van der Waals surface area (Å²) < 4.78 is 12.4. The van der Waals surface area contributed by atoms with E-state index in [2.05, 4.69) is 6.07 Å². The van der Waals surface area contributed by atoms with Gasteiger partial charge in [0, 0.05) is 33.8 Å². The maximum absolute atomic E-state index is 13.2. The van der Waals surface area contributed by atoms with Crippen LogP contribution in [-0.4, -0.2) is 29.7 Å². The van der Waals surface area contributed by atoms with Gasteiger partial charge in [-0.15, -0.1) is 0 Å². The number of ether oxygens (including phenoxy) is 2. The fourth-order valence-electron chi connectivity index (χ4n) is 4.39. The summed E-state index contributed by atoms with van der Waals surface area (Å²) in [6.07, 6.45) is 1.16. The van der Waals surface area contributed by atoms with Gasteiger partial charge in [-0.05, 0) is 38.5 Å². The van der Waals surface area contributed by atoms with Crippen LogP contribution in [0.3, 0.4) is 0 Å². The Morgan fingerprint density at radius 2 is 1.53 bits per heavy atom. The van der Waals surface area contributed by atoms with Gasteiger partial charge >= 0.3 is 11.9 Å². The Hall–Kier alpha value is -4.37. The monoisotopic (exact) mass is 452 g/mol. The maximum Gasteiger partial charge on any atom is 0.340 e. The Morgan fingerprint density at radius 1 is 0.912 bits per heavy atom. The minimum atomic E-state index is -0.660. The van der Waals surface area contributed by atoms with Gasteiger partial charge in [-0.1, -0.05) is 48.5 Å². The molecule has 1 aromatic heterocycles. The van der Waals surface area contributed by atoms with E-state index in [4.69, 9.17) is 9.47 Å². The summed E-state index contributed by atoms with van der Waals surface area (Å²) in [5, 5.41) is 11.7. The summed E-state index contributed by atoms with van der Waals surface area (Å²) in [6.45, 7) is 5.65. The van der Waals surface area contributed by atoms with Crippen molar-refractivity contribution in [2.75, 3.05) is 13.2 Å². The molecule has 34 heavy (non-hydrogen) atoms. The molecule has 1 aromatic carbocycles. The van der Waals surface area contributed by atoms with E-state index < -0.39 is 11.9 Å². The first-order valence-corrected chi connectivity index (χ1v) is 11.1. The highest BCUT2D eigenvalue weighted by Crippen LogP contribution is 2.46. The topological polar surface area (TPSA) is 81.3 Å². The zero-order valence-corrected chi connectivity index (χ0v) is 19.3. The fourth-order valence-corrected chi connectivity index (χ4v) is 4.39. The average molecular weight is 453 g/mol. The summed E-state index contributed by atoms with van der Waals surface area (Å²) >= 11 is 0. The van der Waals surface area contributed by atoms with E-state index in [-0.39, 0.29) is 18.8 Å².